The fourth-order valence-electron chi connectivity index (χ4n) is 3.58. The van der Waals surface area contributed by atoms with Gasteiger partial charge in [0.1, 0.15) is 18.2 Å². The van der Waals surface area contributed by atoms with Gasteiger partial charge in [-0.15, -0.1) is 10.2 Å². The number of carbonyl (C=O) groups is 2. The first-order valence-electron chi connectivity index (χ1n) is 11.0. The van der Waals surface area contributed by atoms with Crippen molar-refractivity contribution in [3.05, 3.63) is 39.3 Å². The minimum Gasteiger partial charge on any atom is -0.364 e. The van der Waals surface area contributed by atoms with Gasteiger partial charge in [0, 0.05) is 23.3 Å². The normalized spacial score (nSPS) is 15.7. The third-order valence-corrected chi connectivity index (χ3v) is 6.48. The number of hydrogen-bond acceptors (Lipinski definition) is 7. The van der Waals surface area contributed by atoms with E-state index in [1.165, 1.54) is 25.7 Å². The van der Waals surface area contributed by atoms with Crippen LogP contribution < -0.4 is 10.6 Å². The van der Waals surface area contributed by atoms with Gasteiger partial charge in [-0.25, -0.2) is 0 Å². The highest BCUT2D eigenvalue weighted by atomic mass is 35.5. The van der Waals surface area contributed by atoms with Gasteiger partial charge in [0.15, 0.2) is 0 Å². The van der Waals surface area contributed by atoms with Gasteiger partial charge >= 0.3 is 0 Å². The van der Waals surface area contributed by atoms with E-state index in [1.54, 1.807) is 24.3 Å². The first kappa shape index (κ1) is 24.6. The van der Waals surface area contributed by atoms with Crippen LogP contribution in [-0.2, 0) is 16.1 Å². The molecule has 0 bridgehead atoms. The Bertz CT molecular complexity index is 886. The Morgan fingerprint density at radius 3 is 2.75 bits per heavy atom. The van der Waals surface area contributed by atoms with Crippen LogP contribution >= 0.6 is 22.9 Å². The molecular formula is C22H30ClN5O3S. The topological polar surface area (TPSA) is 96.5 Å². The SMILES string of the molecule is C[C@@H](CCNC(=O)COCc1nnc(C(=O)Nc2cccc(Cl)c2)s1)N1CCCCCC1. The lowest BCUT2D eigenvalue weighted by molar-refractivity contribution is -0.126. The van der Waals surface area contributed by atoms with Crippen molar-refractivity contribution in [2.24, 2.45) is 0 Å². The number of likely N-dealkylation sites (tertiary alicyclic amines) is 1. The van der Waals surface area contributed by atoms with Crippen LogP contribution in [0.25, 0.3) is 0 Å². The molecule has 2 heterocycles. The number of carbonyl (C=O) groups excluding carboxylic acids is 2. The Labute approximate surface area is 197 Å². The van der Waals surface area contributed by atoms with E-state index in [0.717, 1.165) is 30.8 Å². The van der Waals surface area contributed by atoms with Crippen molar-refractivity contribution in [2.45, 2.75) is 51.7 Å². The van der Waals surface area contributed by atoms with E-state index in [2.05, 4.69) is 32.7 Å². The summed E-state index contributed by atoms with van der Waals surface area (Å²) in [6.07, 6.45) is 6.09. The van der Waals surface area contributed by atoms with Crippen molar-refractivity contribution in [1.82, 2.24) is 20.4 Å². The van der Waals surface area contributed by atoms with Gasteiger partial charge in [0.25, 0.3) is 5.91 Å². The number of amides is 2. The van der Waals surface area contributed by atoms with E-state index < -0.39 is 0 Å². The molecule has 174 valence electrons. The van der Waals surface area contributed by atoms with Gasteiger partial charge in [-0.05, 0) is 57.5 Å². The van der Waals surface area contributed by atoms with Crippen LogP contribution in [0.2, 0.25) is 5.02 Å². The van der Waals surface area contributed by atoms with E-state index >= 15 is 0 Å². The maximum absolute atomic E-state index is 12.3. The van der Waals surface area contributed by atoms with Gasteiger partial charge in [0.05, 0.1) is 0 Å². The maximum Gasteiger partial charge on any atom is 0.286 e. The molecule has 1 fully saturated rings. The largest absolute Gasteiger partial charge is 0.364 e. The number of rotatable bonds is 10. The maximum atomic E-state index is 12.3. The van der Waals surface area contributed by atoms with Gasteiger partial charge < -0.3 is 20.3 Å². The van der Waals surface area contributed by atoms with Crippen molar-refractivity contribution < 1.29 is 14.3 Å². The number of halogens is 1. The zero-order valence-electron chi connectivity index (χ0n) is 18.3. The van der Waals surface area contributed by atoms with Crippen molar-refractivity contribution in [3.63, 3.8) is 0 Å². The molecule has 0 spiro atoms. The Balaban J connectivity index is 1.32. The molecule has 3 rings (SSSR count). The minimum atomic E-state index is -0.368. The van der Waals surface area contributed by atoms with Crippen LogP contribution in [0.1, 0.15) is 53.8 Å². The number of aromatic nitrogens is 2. The fourth-order valence-corrected chi connectivity index (χ4v) is 4.44. The predicted molar refractivity (Wildman–Crippen MR) is 126 cm³/mol. The fraction of sp³-hybridized carbons (Fsp3) is 0.545. The van der Waals surface area contributed by atoms with Crippen molar-refractivity contribution in [2.75, 3.05) is 31.6 Å². The Kier molecular flexibility index (Phi) is 9.86. The molecule has 8 nitrogen and oxygen atoms in total. The molecule has 1 aliphatic heterocycles. The molecule has 2 N–H and O–H groups in total. The molecule has 1 atom stereocenters. The third kappa shape index (κ3) is 8.12. The van der Waals surface area contributed by atoms with Crippen molar-refractivity contribution in [3.8, 4) is 0 Å². The highest BCUT2D eigenvalue weighted by molar-refractivity contribution is 7.13. The summed E-state index contributed by atoms with van der Waals surface area (Å²) >= 11 is 7.05. The Hall–Kier alpha value is -2.07. The molecule has 1 aliphatic rings. The number of benzene rings is 1. The molecular weight excluding hydrogens is 450 g/mol. The van der Waals surface area contributed by atoms with E-state index in [4.69, 9.17) is 16.3 Å². The third-order valence-electron chi connectivity index (χ3n) is 5.35. The average molecular weight is 480 g/mol. The second-order valence-electron chi connectivity index (χ2n) is 7.90. The summed E-state index contributed by atoms with van der Waals surface area (Å²) in [4.78, 5) is 26.8. The average Bonchev–Trinajstić information content (AvgIpc) is 3.07. The lowest BCUT2D eigenvalue weighted by Gasteiger charge is -2.27. The van der Waals surface area contributed by atoms with Crippen LogP contribution in [0.15, 0.2) is 24.3 Å². The summed E-state index contributed by atoms with van der Waals surface area (Å²) in [5, 5.41) is 14.8. The quantitative estimate of drug-likeness (QED) is 0.539. The number of ether oxygens (including phenoxy) is 1. The van der Waals surface area contributed by atoms with Gasteiger partial charge in [-0.2, -0.15) is 0 Å². The number of anilines is 1. The van der Waals surface area contributed by atoms with Gasteiger partial charge in [-0.1, -0.05) is 41.8 Å². The summed E-state index contributed by atoms with van der Waals surface area (Å²) < 4.78 is 5.44. The van der Waals surface area contributed by atoms with Crippen molar-refractivity contribution in [1.29, 1.82) is 0 Å². The van der Waals surface area contributed by atoms with Gasteiger partial charge in [0.2, 0.25) is 10.9 Å². The second-order valence-corrected chi connectivity index (χ2v) is 9.39. The summed E-state index contributed by atoms with van der Waals surface area (Å²) in [6.45, 7) is 5.23. The zero-order chi connectivity index (χ0) is 22.8. The van der Waals surface area contributed by atoms with Crippen LogP contribution in [0.5, 0.6) is 0 Å². The zero-order valence-corrected chi connectivity index (χ0v) is 19.9. The minimum absolute atomic E-state index is 0.0538. The lowest BCUT2D eigenvalue weighted by Crippen LogP contribution is -2.37. The Morgan fingerprint density at radius 2 is 2.00 bits per heavy atom. The van der Waals surface area contributed by atoms with E-state index in [9.17, 15) is 9.59 Å². The molecule has 2 amide bonds. The highest BCUT2D eigenvalue weighted by Gasteiger charge is 2.16. The highest BCUT2D eigenvalue weighted by Crippen LogP contribution is 2.18. The monoisotopic (exact) mass is 479 g/mol. The molecule has 1 saturated heterocycles. The molecule has 10 heteroatoms. The van der Waals surface area contributed by atoms with Crippen molar-refractivity contribution >= 4 is 40.4 Å². The number of hydrogen-bond donors (Lipinski definition) is 2. The molecule has 32 heavy (non-hydrogen) atoms. The lowest BCUT2D eigenvalue weighted by atomic mass is 10.2. The molecule has 1 aromatic heterocycles. The molecule has 0 saturated carbocycles. The van der Waals surface area contributed by atoms with Crippen LogP contribution in [0.4, 0.5) is 5.69 Å². The summed E-state index contributed by atoms with van der Waals surface area (Å²) in [5.74, 6) is -0.524. The van der Waals surface area contributed by atoms with E-state index in [0.29, 0.717) is 28.3 Å². The van der Waals surface area contributed by atoms with Crippen LogP contribution in [0, 0.1) is 0 Å². The first-order chi connectivity index (χ1) is 15.5. The van der Waals surface area contributed by atoms with E-state index in [-0.39, 0.29) is 30.0 Å². The van der Waals surface area contributed by atoms with Crippen LogP contribution in [0.3, 0.4) is 0 Å². The van der Waals surface area contributed by atoms with Crippen LogP contribution in [-0.4, -0.2) is 59.2 Å². The smallest absolute Gasteiger partial charge is 0.286 e. The summed E-state index contributed by atoms with van der Waals surface area (Å²) in [6, 6.07) is 7.33. The molecule has 0 unspecified atom stereocenters. The Morgan fingerprint density at radius 1 is 1.22 bits per heavy atom. The standard InChI is InChI=1S/C22H30ClN5O3S/c1-16(28-11-4-2-3-5-12-28)9-10-24-19(29)14-31-15-20-26-27-22(32-20)21(30)25-18-8-6-7-17(23)13-18/h6-8,13,16H,2-5,9-12,14-15H2,1H3,(H,24,29)(H,25,30)/t16-/m0/s1. The molecule has 2 aromatic rings. The molecule has 0 aliphatic carbocycles. The summed E-state index contributed by atoms with van der Waals surface area (Å²) in [7, 11) is 0. The molecule has 1 aromatic carbocycles. The summed E-state index contributed by atoms with van der Waals surface area (Å²) in [5.41, 5.74) is 0.581. The second kappa shape index (κ2) is 12.8. The first-order valence-corrected chi connectivity index (χ1v) is 12.2. The number of nitrogens with zero attached hydrogens (tertiary/aromatic N) is 3. The van der Waals surface area contributed by atoms with Gasteiger partial charge in [-0.3, -0.25) is 9.59 Å². The number of nitrogens with one attached hydrogen (secondary N) is 2. The van der Waals surface area contributed by atoms with E-state index in [1.807, 2.05) is 0 Å². The molecule has 0 radical (unpaired) electrons. The predicted octanol–water partition coefficient (Wildman–Crippen LogP) is 3.73.